The van der Waals surface area contributed by atoms with Crippen LogP contribution in [0, 0.1) is 5.82 Å². The fraction of sp³-hybridized carbons (Fsp3) is 0.524. The second-order valence-corrected chi connectivity index (χ2v) is 7.96. The Hall–Kier alpha value is -2.08. The fourth-order valence-electron chi connectivity index (χ4n) is 4.79. The van der Waals surface area contributed by atoms with E-state index < -0.39 is 6.17 Å². The second-order valence-electron chi connectivity index (χ2n) is 7.96. The highest BCUT2D eigenvalue weighted by atomic mass is 19.1. The van der Waals surface area contributed by atoms with Crippen LogP contribution in [-0.2, 0) is 4.74 Å². The Labute approximate surface area is 156 Å². The van der Waals surface area contributed by atoms with Crippen LogP contribution in [0.25, 0.3) is 21.9 Å². The van der Waals surface area contributed by atoms with Crippen LogP contribution in [0.2, 0.25) is 0 Å². The zero-order valence-electron chi connectivity index (χ0n) is 15.4. The van der Waals surface area contributed by atoms with Gasteiger partial charge in [-0.2, -0.15) is 0 Å². The first-order chi connectivity index (χ1) is 13.1. The van der Waals surface area contributed by atoms with Crippen molar-refractivity contribution in [1.29, 1.82) is 0 Å². The Bertz CT molecular complexity index is 1000. The molecule has 1 aromatic carbocycles. The maximum Gasteiger partial charge on any atom is 0.124 e. The maximum absolute atomic E-state index is 14.0. The quantitative estimate of drug-likeness (QED) is 0.631. The normalized spacial score (nSPS) is 29.0. The average molecular weight is 371 g/mol. The lowest BCUT2D eigenvalue weighted by Crippen LogP contribution is -2.27. The van der Waals surface area contributed by atoms with Crippen molar-refractivity contribution in [2.24, 2.45) is 0 Å². The van der Waals surface area contributed by atoms with Gasteiger partial charge >= 0.3 is 0 Å². The molecule has 0 N–H and O–H groups in total. The highest BCUT2D eigenvalue weighted by Gasteiger charge is 2.33. The van der Waals surface area contributed by atoms with Crippen molar-refractivity contribution in [3.8, 4) is 0 Å². The van der Waals surface area contributed by atoms with Gasteiger partial charge in [-0.15, -0.1) is 0 Å². The Morgan fingerprint density at radius 3 is 2.81 bits per heavy atom. The molecule has 2 aromatic heterocycles. The van der Waals surface area contributed by atoms with E-state index in [1.165, 1.54) is 6.07 Å². The number of halogens is 2. The fourth-order valence-corrected chi connectivity index (χ4v) is 4.79. The van der Waals surface area contributed by atoms with Crippen LogP contribution in [-0.4, -0.2) is 33.4 Å². The van der Waals surface area contributed by atoms with E-state index in [-0.39, 0.29) is 23.9 Å². The number of ether oxygens (including phenoxy) is 1. The summed E-state index contributed by atoms with van der Waals surface area (Å²) < 4.78 is 36.0. The largest absolute Gasteiger partial charge is 0.378 e. The zero-order valence-corrected chi connectivity index (χ0v) is 15.4. The van der Waals surface area contributed by atoms with Crippen LogP contribution in [0.5, 0.6) is 0 Å². The number of pyridine rings is 1. The number of benzene rings is 1. The number of alkyl halides is 1. The summed E-state index contributed by atoms with van der Waals surface area (Å²) in [5.74, 6) is 0.758. The van der Waals surface area contributed by atoms with Crippen molar-refractivity contribution in [2.45, 2.75) is 63.3 Å². The average Bonchev–Trinajstić information content (AvgIpc) is 3.25. The lowest BCUT2D eigenvalue weighted by Gasteiger charge is -2.31. The summed E-state index contributed by atoms with van der Waals surface area (Å²) in [7, 11) is 0. The van der Waals surface area contributed by atoms with Crippen molar-refractivity contribution in [2.75, 3.05) is 6.61 Å². The number of rotatable bonds is 2. The molecule has 2 aliphatic rings. The van der Waals surface area contributed by atoms with Gasteiger partial charge in [0.2, 0.25) is 0 Å². The number of nitrogens with zero attached hydrogens (tertiary/aromatic N) is 3. The van der Waals surface area contributed by atoms with E-state index in [2.05, 4.69) is 16.5 Å². The van der Waals surface area contributed by atoms with Crippen LogP contribution in [0.1, 0.15) is 56.8 Å². The van der Waals surface area contributed by atoms with Gasteiger partial charge in [-0.05, 0) is 57.2 Å². The zero-order chi connectivity index (χ0) is 18.5. The van der Waals surface area contributed by atoms with Gasteiger partial charge in [0.15, 0.2) is 0 Å². The van der Waals surface area contributed by atoms with E-state index in [1.807, 2.05) is 0 Å². The monoisotopic (exact) mass is 371 g/mol. The molecule has 27 heavy (non-hydrogen) atoms. The van der Waals surface area contributed by atoms with E-state index in [1.54, 1.807) is 18.3 Å². The Morgan fingerprint density at radius 2 is 2.04 bits per heavy atom. The number of hydrogen-bond donors (Lipinski definition) is 0. The first kappa shape index (κ1) is 17.0. The summed E-state index contributed by atoms with van der Waals surface area (Å²) in [5.41, 5.74) is 2.45. The third kappa shape index (κ3) is 2.90. The predicted octanol–water partition coefficient (Wildman–Crippen LogP) is 5.07. The highest BCUT2D eigenvalue weighted by molar-refractivity contribution is 6.02. The van der Waals surface area contributed by atoms with Gasteiger partial charge in [-0.1, -0.05) is 0 Å². The molecular weight excluding hydrogens is 348 g/mol. The number of fused-ring (bicyclic) bond motifs is 3. The predicted molar refractivity (Wildman–Crippen MR) is 100 cm³/mol. The first-order valence-electron chi connectivity index (χ1n) is 9.82. The summed E-state index contributed by atoms with van der Waals surface area (Å²) >= 11 is 0. The molecule has 3 aromatic rings. The molecule has 1 aliphatic heterocycles. The van der Waals surface area contributed by atoms with Gasteiger partial charge in [-0.25, -0.2) is 13.8 Å². The maximum atomic E-state index is 14.0. The van der Waals surface area contributed by atoms with Gasteiger partial charge in [0, 0.05) is 24.0 Å². The lowest BCUT2D eigenvalue weighted by molar-refractivity contribution is 0.00605. The molecule has 0 bridgehead atoms. The topological polar surface area (TPSA) is 39.9 Å². The molecule has 4 nitrogen and oxygen atoms in total. The number of aromatic nitrogens is 3. The molecule has 6 heteroatoms. The van der Waals surface area contributed by atoms with Crippen molar-refractivity contribution < 1.29 is 13.5 Å². The molecule has 0 radical (unpaired) electrons. The third-order valence-electron chi connectivity index (χ3n) is 6.06. The van der Waals surface area contributed by atoms with E-state index in [0.717, 1.165) is 47.0 Å². The Balaban J connectivity index is 1.76. The standard InChI is InChI=1S/C21H23F2N3O/c1-12-8-16(6-7-27-12)26-20-17-10-15(23)4-5-18(17)24-11-19(20)25-21(26)13-2-3-14(22)9-13/h4-5,10-14,16H,2-3,6-9H2,1H3/t12-,13+,14+,16-/m1/s1. The summed E-state index contributed by atoms with van der Waals surface area (Å²) in [6.07, 6.45) is 4.84. The summed E-state index contributed by atoms with van der Waals surface area (Å²) in [6, 6.07) is 4.91. The van der Waals surface area contributed by atoms with Crippen molar-refractivity contribution >= 4 is 21.9 Å². The van der Waals surface area contributed by atoms with E-state index >= 15 is 0 Å². The van der Waals surface area contributed by atoms with Crippen LogP contribution in [0.4, 0.5) is 8.78 Å². The molecule has 0 unspecified atom stereocenters. The highest BCUT2D eigenvalue weighted by Crippen LogP contribution is 2.41. The Morgan fingerprint density at radius 1 is 1.15 bits per heavy atom. The van der Waals surface area contributed by atoms with Crippen molar-refractivity contribution in [3.63, 3.8) is 0 Å². The summed E-state index contributed by atoms with van der Waals surface area (Å²) in [4.78, 5) is 9.34. The van der Waals surface area contributed by atoms with Crippen LogP contribution in [0.15, 0.2) is 24.4 Å². The second kappa shape index (κ2) is 6.51. The molecule has 4 atom stereocenters. The number of hydrogen-bond acceptors (Lipinski definition) is 3. The minimum absolute atomic E-state index is 0.106. The molecular formula is C21H23F2N3O. The van der Waals surface area contributed by atoms with E-state index in [9.17, 15) is 8.78 Å². The molecule has 1 saturated carbocycles. The van der Waals surface area contributed by atoms with Crippen LogP contribution < -0.4 is 0 Å². The molecule has 0 spiro atoms. The molecule has 3 heterocycles. The minimum atomic E-state index is -0.760. The van der Waals surface area contributed by atoms with E-state index in [4.69, 9.17) is 9.72 Å². The third-order valence-corrected chi connectivity index (χ3v) is 6.06. The lowest BCUT2D eigenvalue weighted by atomic mass is 10.0. The molecule has 1 saturated heterocycles. The SMILES string of the molecule is C[C@@H]1C[C@H](n2c([C@H]3CC[C@H](F)C3)nc3cnc4ccc(F)cc4c32)CCO1. The molecule has 142 valence electrons. The summed E-state index contributed by atoms with van der Waals surface area (Å²) in [6.45, 7) is 2.77. The van der Waals surface area contributed by atoms with Crippen LogP contribution in [0.3, 0.4) is 0 Å². The summed E-state index contributed by atoms with van der Waals surface area (Å²) in [5, 5.41) is 0.778. The van der Waals surface area contributed by atoms with Gasteiger partial charge in [0.1, 0.15) is 23.3 Å². The van der Waals surface area contributed by atoms with Gasteiger partial charge in [-0.3, -0.25) is 4.98 Å². The van der Waals surface area contributed by atoms with Crippen molar-refractivity contribution in [3.05, 3.63) is 36.0 Å². The van der Waals surface area contributed by atoms with E-state index in [0.29, 0.717) is 19.4 Å². The van der Waals surface area contributed by atoms with Gasteiger partial charge < -0.3 is 9.30 Å². The molecule has 1 aliphatic carbocycles. The number of imidazole rings is 1. The van der Waals surface area contributed by atoms with Gasteiger partial charge in [0.25, 0.3) is 0 Å². The molecule has 5 rings (SSSR count). The van der Waals surface area contributed by atoms with Crippen molar-refractivity contribution in [1.82, 2.24) is 14.5 Å². The molecule has 0 amide bonds. The first-order valence-corrected chi connectivity index (χ1v) is 9.82. The molecule has 2 fully saturated rings. The van der Waals surface area contributed by atoms with Crippen LogP contribution >= 0.6 is 0 Å². The Kier molecular flexibility index (Phi) is 4.11. The minimum Gasteiger partial charge on any atom is -0.378 e. The smallest absolute Gasteiger partial charge is 0.124 e. The van der Waals surface area contributed by atoms with Gasteiger partial charge in [0.05, 0.1) is 23.3 Å².